The molecule has 1 spiro atoms. The van der Waals surface area contributed by atoms with Crippen LogP contribution >= 0.6 is 11.6 Å². The van der Waals surface area contributed by atoms with Gasteiger partial charge in [0.2, 0.25) is 5.95 Å². The molecular weight excluding hydrogens is 416 g/mol. The van der Waals surface area contributed by atoms with Gasteiger partial charge in [0, 0.05) is 61.4 Å². The number of rotatable bonds is 3. The van der Waals surface area contributed by atoms with Crippen LogP contribution in [0.15, 0.2) is 49.1 Å². The van der Waals surface area contributed by atoms with E-state index in [9.17, 15) is 4.79 Å². The van der Waals surface area contributed by atoms with Gasteiger partial charge in [-0.15, -0.1) is 0 Å². The van der Waals surface area contributed by atoms with E-state index in [4.69, 9.17) is 16.3 Å². The number of nitrogens with one attached hydrogen (secondary N) is 1. The number of piperidine rings is 1. The summed E-state index contributed by atoms with van der Waals surface area (Å²) in [7, 11) is 0. The number of imidazole rings is 1. The summed E-state index contributed by atoms with van der Waals surface area (Å²) in [5, 5.41) is 3.56. The van der Waals surface area contributed by atoms with Crippen molar-refractivity contribution in [2.24, 2.45) is 0 Å². The minimum Gasteiger partial charge on any atom is -0.352 e. The second-order valence-corrected chi connectivity index (χ2v) is 8.48. The predicted molar refractivity (Wildman–Crippen MR) is 117 cm³/mol. The van der Waals surface area contributed by atoms with Gasteiger partial charge in [-0.1, -0.05) is 11.6 Å². The van der Waals surface area contributed by atoms with E-state index in [2.05, 4.69) is 25.2 Å². The fraction of sp³-hybridized carbons (Fsp3) is 0.364. The van der Waals surface area contributed by atoms with E-state index in [0.29, 0.717) is 30.1 Å². The fourth-order valence-corrected chi connectivity index (χ4v) is 4.37. The zero-order chi connectivity index (χ0) is 21.4. The lowest BCUT2D eigenvalue weighted by atomic mass is 9.88. The van der Waals surface area contributed by atoms with Crippen molar-refractivity contribution in [3.05, 3.63) is 65.5 Å². The van der Waals surface area contributed by atoms with Crippen molar-refractivity contribution in [2.45, 2.75) is 38.0 Å². The number of hydrogen-bond acceptors (Lipinski definition) is 6. The Morgan fingerprint density at radius 2 is 1.87 bits per heavy atom. The van der Waals surface area contributed by atoms with Gasteiger partial charge in [0.1, 0.15) is 11.4 Å². The van der Waals surface area contributed by atoms with Gasteiger partial charge in [0.25, 0.3) is 5.91 Å². The van der Waals surface area contributed by atoms with Crippen LogP contribution in [0.4, 0.5) is 11.6 Å². The van der Waals surface area contributed by atoms with Crippen LogP contribution in [0, 0.1) is 6.92 Å². The third kappa shape index (κ3) is 3.88. The molecule has 1 aromatic carbocycles. The summed E-state index contributed by atoms with van der Waals surface area (Å²) in [6.45, 7) is 3.85. The van der Waals surface area contributed by atoms with Gasteiger partial charge in [-0.05, 0) is 36.8 Å². The second-order valence-electron chi connectivity index (χ2n) is 8.05. The predicted octanol–water partition coefficient (Wildman–Crippen LogP) is 3.17. The van der Waals surface area contributed by atoms with Gasteiger partial charge >= 0.3 is 0 Å². The Labute approximate surface area is 185 Å². The van der Waals surface area contributed by atoms with E-state index in [-0.39, 0.29) is 5.91 Å². The number of anilines is 2. The number of carbonyl (C=O) groups is 1. The molecule has 1 fully saturated rings. The number of hydrogen-bond donors (Lipinski definition) is 1. The van der Waals surface area contributed by atoms with Gasteiger partial charge in [-0.2, -0.15) is 0 Å². The first-order valence-electron chi connectivity index (χ1n) is 10.3. The number of aromatic nitrogens is 4. The Bertz CT molecular complexity index is 1070. The summed E-state index contributed by atoms with van der Waals surface area (Å²) in [6, 6.07) is 7.05. The summed E-state index contributed by atoms with van der Waals surface area (Å²) in [6.07, 6.45) is 8.13. The lowest BCUT2D eigenvalue weighted by molar-refractivity contribution is -0.162. The highest BCUT2D eigenvalue weighted by Crippen LogP contribution is 2.40. The van der Waals surface area contributed by atoms with Crippen LogP contribution in [-0.2, 0) is 21.7 Å². The number of nitrogens with zero attached hydrogens (tertiary/aromatic N) is 5. The molecule has 0 bridgehead atoms. The Hall–Kier alpha value is -2.97. The van der Waals surface area contributed by atoms with Gasteiger partial charge in [0.05, 0.1) is 6.54 Å². The molecule has 4 heterocycles. The van der Waals surface area contributed by atoms with Crippen LogP contribution in [0.1, 0.15) is 24.2 Å². The number of aryl methyl sites for hydroxylation is 1. The average molecular weight is 439 g/mol. The summed E-state index contributed by atoms with van der Waals surface area (Å²) < 4.78 is 8.51. The second kappa shape index (κ2) is 7.94. The van der Waals surface area contributed by atoms with Crippen molar-refractivity contribution in [3.63, 3.8) is 0 Å². The molecule has 0 radical (unpaired) electrons. The van der Waals surface area contributed by atoms with Gasteiger partial charge in [-0.3, -0.25) is 4.79 Å². The molecule has 3 aromatic rings. The molecule has 1 unspecified atom stereocenters. The van der Waals surface area contributed by atoms with Crippen molar-refractivity contribution < 1.29 is 9.53 Å². The lowest BCUT2D eigenvalue weighted by Crippen LogP contribution is -2.53. The van der Waals surface area contributed by atoms with Crippen molar-refractivity contribution in [2.75, 3.05) is 23.3 Å². The van der Waals surface area contributed by atoms with E-state index in [1.165, 1.54) is 0 Å². The van der Waals surface area contributed by atoms with E-state index >= 15 is 0 Å². The minimum atomic E-state index is -0.612. The van der Waals surface area contributed by atoms with E-state index in [0.717, 1.165) is 30.4 Å². The quantitative estimate of drug-likeness (QED) is 0.676. The molecule has 2 aromatic heterocycles. The molecule has 2 aliphatic heterocycles. The smallest absolute Gasteiger partial charge is 0.255 e. The first-order chi connectivity index (χ1) is 15.0. The van der Waals surface area contributed by atoms with Crippen LogP contribution in [0.3, 0.4) is 0 Å². The molecule has 9 heteroatoms. The molecule has 1 amide bonds. The molecule has 2 aliphatic rings. The average Bonchev–Trinajstić information content (AvgIpc) is 3.26. The zero-order valence-corrected chi connectivity index (χ0v) is 17.9. The standard InChI is InChI=1S/C22H23ClN6O2/c1-15-12-25-21(26-13-15)28-9-6-22(7-10-28)20-24-8-11-29(20)14-18(31-22)19(30)27-17-4-2-16(23)3-5-17/h2-5,8,11-13,18H,6-7,9-10,14H2,1H3,(H,27,30). The highest BCUT2D eigenvalue weighted by molar-refractivity contribution is 6.30. The molecular formula is C22H23ClN6O2. The third-order valence-electron chi connectivity index (χ3n) is 5.88. The molecule has 31 heavy (non-hydrogen) atoms. The summed E-state index contributed by atoms with van der Waals surface area (Å²) in [5.41, 5.74) is 1.12. The number of ether oxygens (including phenoxy) is 1. The molecule has 0 aliphatic carbocycles. The maximum absolute atomic E-state index is 13.0. The monoisotopic (exact) mass is 438 g/mol. The van der Waals surface area contributed by atoms with Crippen LogP contribution in [-0.4, -0.2) is 44.6 Å². The van der Waals surface area contributed by atoms with Gasteiger partial charge in [0.15, 0.2) is 6.10 Å². The largest absolute Gasteiger partial charge is 0.352 e. The van der Waals surface area contributed by atoms with Crippen LogP contribution in [0.25, 0.3) is 0 Å². The number of benzene rings is 1. The summed E-state index contributed by atoms with van der Waals surface area (Å²) in [4.78, 5) is 28.6. The zero-order valence-electron chi connectivity index (χ0n) is 17.2. The molecule has 1 atom stereocenters. The molecule has 5 rings (SSSR count). The third-order valence-corrected chi connectivity index (χ3v) is 6.13. The number of halogens is 1. The van der Waals surface area contributed by atoms with Gasteiger partial charge < -0.3 is 19.5 Å². The maximum atomic E-state index is 13.0. The summed E-state index contributed by atoms with van der Waals surface area (Å²) in [5.74, 6) is 1.43. The maximum Gasteiger partial charge on any atom is 0.255 e. The highest BCUT2D eigenvalue weighted by Gasteiger charge is 2.47. The number of amides is 1. The topological polar surface area (TPSA) is 85.2 Å². The first-order valence-corrected chi connectivity index (χ1v) is 10.7. The first kappa shape index (κ1) is 20.0. The Morgan fingerprint density at radius 1 is 1.16 bits per heavy atom. The van der Waals surface area contributed by atoms with Gasteiger partial charge in [-0.25, -0.2) is 15.0 Å². The fourth-order valence-electron chi connectivity index (χ4n) is 4.25. The minimum absolute atomic E-state index is 0.176. The van der Waals surface area contributed by atoms with E-state index in [1.807, 2.05) is 30.1 Å². The SMILES string of the molecule is Cc1cnc(N2CCC3(CC2)OC(C(=O)Nc2ccc(Cl)cc2)Cn2ccnc23)nc1. The normalized spacial score (nSPS) is 19.8. The Morgan fingerprint density at radius 3 is 2.58 bits per heavy atom. The van der Waals surface area contributed by atoms with E-state index in [1.54, 1.807) is 30.5 Å². The Kier molecular flexibility index (Phi) is 5.11. The van der Waals surface area contributed by atoms with Crippen LogP contribution < -0.4 is 10.2 Å². The lowest BCUT2D eigenvalue weighted by Gasteiger charge is -2.45. The van der Waals surface area contributed by atoms with Crippen molar-refractivity contribution >= 4 is 29.1 Å². The molecule has 1 N–H and O–H groups in total. The molecule has 160 valence electrons. The Balaban J connectivity index is 1.33. The number of carbonyl (C=O) groups excluding carboxylic acids is 1. The summed E-state index contributed by atoms with van der Waals surface area (Å²) >= 11 is 5.94. The van der Waals surface area contributed by atoms with Crippen molar-refractivity contribution in [3.8, 4) is 0 Å². The van der Waals surface area contributed by atoms with Crippen molar-refractivity contribution in [1.29, 1.82) is 0 Å². The number of fused-ring (bicyclic) bond motifs is 2. The molecule has 0 saturated carbocycles. The van der Waals surface area contributed by atoms with Crippen LogP contribution in [0.2, 0.25) is 5.02 Å². The van der Waals surface area contributed by atoms with Crippen LogP contribution in [0.5, 0.6) is 0 Å². The van der Waals surface area contributed by atoms with Crippen molar-refractivity contribution in [1.82, 2.24) is 19.5 Å². The molecule has 1 saturated heterocycles. The molecule has 8 nitrogen and oxygen atoms in total. The van der Waals surface area contributed by atoms with E-state index < -0.39 is 11.7 Å². The highest BCUT2D eigenvalue weighted by atomic mass is 35.5.